The van der Waals surface area contributed by atoms with E-state index < -0.39 is 11.6 Å². The van der Waals surface area contributed by atoms with Gasteiger partial charge in [-0.25, -0.2) is 13.8 Å². The minimum atomic E-state index is -0.934. The molecule has 0 saturated heterocycles. The quantitative estimate of drug-likeness (QED) is 0.602. The number of hydrogen-bond donors (Lipinski definition) is 0. The maximum atomic E-state index is 14.0. The molecule has 3 aromatic rings. The second-order valence-electron chi connectivity index (χ2n) is 7.54. The lowest BCUT2D eigenvalue weighted by Gasteiger charge is -2.37. The summed E-state index contributed by atoms with van der Waals surface area (Å²) in [4.78, 5) is 8.95. The van der Waals surface area contributed by atoms with Crippen molar-refractivity contribution in [3.8, 4) is 0 Å². The Morgan fingerprint density at radius 1 is 1.14 bits per heavy atom. The zero-order chi connectivity index (χ0) is 19.7. The van der Waals surface area contributed by atoms with Crippen LogP contribution in [0.4, 0.5) is 8.78 Å². The molecule has 28 heavy (non-hydrogen) atoms. The molecule has 1 aromatic heterocycles. The van der Waals surface area contributed by atoms with Gasteiger partial charge in [-0.15, -0.1) is 0 Å². The smallest absolute Gasteiger partial charge is 0.218 e. The Morgan fingerprint density at radius 2 is 1.93 bits per heavy atom. The summed E-state index contributed by atoms with van der Waals surface area (Å²) in [6.07, 6.45) is 4.00. The minimum Gasteiger partial charge on any atom is -0.471 e. The van der Waals surface area contributed by atoms with Crippen molar-refractivity contribution in [3.05, 3.63) is 77.5 Å². The second-order valence-corrected chi connectivity index (χ2v) is 7.54. The number of rotatable bonds is 4. The van der Waals surface area contributed by atoms with Crippen LogP contribution in [-0.2, 0) is 11.2 Å². The zero-order valence-corrected chi connectivity index (χ0v) is 16.0. The number of pyridine rings is 1. The van der Waals surface area contributed by atoms with E-state index in [1.54, 1.807) is 6.07 Å². The molecule has 5 heteroatoms. The molecule has 2 atom stereocenters. The molecule has 0 amide bonds. The van der Waals surface area contributed by atoms with Gasteiger partial charge in [0.1, 0.15) is 11.1 Å². The summed E-state index contributed by atoms with van der Waals surface area (Å²) in [5.41, 5.74) is 1.58. The lowest BCUT2D eigenvalue weighted by Crippen LogP contribution is -2.40. The summed E-state index contributed by atoms with van der Waals surface area (Å²) in [6, 6.07) is 14.7. The van der Waals surface area contributed by atoms with Crippen LogP contribution >= 0.6 is 0 Å². The topological polar surface area (TPSA) is 34.5 Å². The Balaban J connectivity index is 1.71. The number of fused-ring (bicyclic) bond motifs is 1. The molecule has 144 valence electrons. The fraction of sp³-hybridized carbons (Fsp3) is 0.304. The van der Waals surface area contributed by atoms with E-state index in [1.165, 1.54) is 17.8 Å². The third-order valence-corrected chi connectivity index (χ3v) is 5.36. The molecule has 1 aliphatic rings. The number of nitrogens with zero attached hydrogens (tertiary/aromatic N) is 2. The van der Waals surface area contributed by atoms with Crippen molar-refractivity contribution in [1.82, 2.24) is 4.98 Å². The summed E-state index contributed by atoms with van der Waals surface area (Å²) in [7, 11) is 0. The zero-order valence-electron chi connectivity index (χ0n) is 16.0. The highest BCUT2D eigenvalue weighted by Crippen LogP contribution is 2.31. The van der Waals surface area contributed by atoms with Gasteiger partial charge in [0.2, 0.25) is 5.90 Å². The Bertz CT molecular complexity index is 1040. The van der Waals surface area contributed by atoms with Gasteiger partial charge in [-0.05, 0) is 43.5 Å². The average molecular weight is 380 g/mol. The minimum absolute atomic E-state index is 0.0132. The monoisotopic (exact) mass is 380 g/mol. The van der Waals surface area contributed by atoms with Gasteiger partial charge in [-0.1, -0.05) is 37.3 Å². The number of aliphatic imine (C=N–C) groups is 1. The fourth-order valence-electron chi connectivity index (χ4n) is 3.62. The van der Waals surface area contributed by atoms with Crippen molar-refractivity contribution in [2.24, 2.45) is 4.99 Å². The molecular formula is C23H22F2N2O. The van der Waals surface area contributed by atoms with Crippen LogP contribution in [0.2, 0.25) is 0 Å². The maximum absolute atomic E-state index is 14.0. The molecular weight excluding hydrogens is 358 g/mol. The molecule has 0 fully saturated rings. The van der Waals surface area contributed by atoms with Crippen LogP contribution in [0.5, 0.6) is 0 Å². The maximum Gasteiger partial charge on any atom is 0.218 e. The summed E-state index contributed by atoms with van der Waals surface area (Å²) in [5.74, 6) is -1.33. The number of hydrogen-bond acceptors (Lipinski definition) is 3. The van der Waals surface area contributed by atoms with E-state index in [-0.39, 0.29) is 17.2 Å². The Hall–Kier alpha value is -2.82. The second kappa shape index (κ2) is 7.30. The van der Waals surface area contributed by atoms with Gasteiger partial charge in [0, 0.05) is 18.0 Å². The van der Waals surface area contributed by atoms with Crippen LogP contribution in [0.1, 0.15) is 37.8 Å². The molecule has 0 bridgehead atoms. The molecule has 0 aliphatic carbocycles. The molecule has 0 N–H and O–H groups in total. The third-order valence-electron chi connectivity index (χ3n) is 5.36. The summed E-state index contributed by atoms with van der Waals surface area (Å²) in [5, 5.41) is 0.520. The van der Waals surface area contributed by atoms with Crippen molar-refractivity contribution in [2.75, 3.05) is 0 Å². The lowest BCUT2D eigenvalue weighted by atomic mass is 9.89. The molecule has 2 unspecified atom stereocenters. The first kappa shape index (κ1) is 18.5. The molecule has 0 saturated carbocycles. The van der Waals surface area contributed by atoms with Crippen molar-refractivity contribution >= 4 is 16.8 Å². The van der Waals surface area contributed by atoms with Crippen LogP contribution < -0.4 is 0 Å². The molecule has 3 nitrogen and oxygen atoms in total. The van der Waals surface area contributed by atoms with E-state index >= 15 is 0 Å². The van der Waals surface area contributed by atoms with E-state index in [4.69, 9.17) is 9.73 Å². The fourth-order valence-corrected chi connectivity index (χ4v) is 3.62. The summed E-state index contributed by atoms with van der Waals surface area (Å²) >= 11 is 0. The number of ether oxygens (including phenoxy) is 1. The Morgan fingerprint density at radius 3 is 2.68 bits per heavy atom. The predicted molar refractivity (Wildman–Crippen MR) is 107 cm³/mol. The van der Waals surface area contributed by atoms with E-state index in [0.717, 1.165) is 25.3 Å². The van der Waals surface area contributed by atoms with E-state index in [1.807, 2.05) is 18.2 Å². The summed E-state index contributed by atoms with van der Waals surface area (Å²) in [6.45, 7) is 4.18. The van der Waals surface area contributed by atoms with Crippen LogP contribution in [0.25, 0.3) is 10.9 Å². The molecule has 0 spiro atoms. The van der Waals surface area contributed by atoms with Gasteiger partial charge in [-0.3, -0.25) is 4.98 Å². The highest BCUT2D eigenvalue weighted by atomic mass is 19.2. The van der Waals surface area contributed by atoms with Crippen molar-refractivity contribution in [1.29, 1.82) is 0 Å². The lowest BCUT2D eigenvalue weighted by molar-refractivity contribution is 0.0410. The molecule has 2 heterocycles. The largest absolute Gasteiger partial charge is 0.471 e. The standard InChI is InChI=1S/C23H22F2N2O/c1-3-23(2)13-18(11-15-7-5-4-6-8-15)27-22(28-23)17-12-16-9-10-19(24)20(25)21(16)26-14-17/h4-10,12,14,18H,3,11,13H2,1-2H3. The van der Waals surface area contributed by atoms with Crippen LogP contribution in [0, 0.1) is 11.6 Å². The predicted octanol–water partition coefficient (Wildman–Crippen LogP) is 5.46. The van der Waals surface area contributed by atoms with Gasteiger partial charge >= 0.3 is 0 Å². The molecule has 4 rings (SSSR count). The van der Waals surface area contributed by atoms with Crippen LogP contribution in [0.3, 0.4) is 0 Å². The van der Waals surface area contributed by atoms with Gasteiger partial charge in [-0.2, -0.15) is 0 Å². The SMILES string of the molecule is CCC1(C)CC(Cc2ccccc2)N=C(c2cnc3c(F)c(F)ccc3c2)O1. The third kappa shape index (κ3) is 3.61. The van der Waals surface area contributed by atoms with Crippen LogP contribution in [-0.4, -0.2) is 22.5 Å². The molecule has 1 aliphatic heterocycles. The van der Waals surface area contributed by atoms with Crippen molar-refractivity contribution < 1.29 is 13.5 Å². The summed E-state index contributed by atoms with van der Waals surface area (Å²) < 4.78 is 33.6. The highest BCUT2D eigenvalue weighted by Gasteiger charge is 2.34. The first-order chi connectivity index (χ1) is 13.5. The number of aromatic nitrogens is 1. The number of halogens is 2. The van der Waals surface area contributed by atoms with Gasteiger partial charge < -0.3 is 4.74 Å². The van der Waals surface area contributed by atoms with Crippen molar-refractivity contribution in [3.63, 3.8) is 0 Å². The van der Waals surface area contributed by atoms with E-state index in [0.29, 0.717) is 16.8 Å². The van der Waals surface area contributed by atoms with Gasteiger partial charge in [0.25, 0.3) is 0 Å². The Kier molecular flexibility index (Phi) is 4.84. The van der Waals surface area contributed by atoms with Gasteiger partial charge in [0.15, 0.2) is 11.6 Å². The first-order valence-electron chi connectivity index (χ1n) is 9.52. The normalized spacial score (nSPS) is 22.0. The average Bonchev–Trinajstić information content (AvgIpc) is 2.71. The highest BCUT2D eigenvalue weighted by molar-refractivity contribution is 5.98. The molecule has 2 aromatic carbocycles. The number of benzene rings is 2. The first-order valence-corrected chi connectivity index (χ1v) is 9.52. The van der Waals surface area contributed by atoms with Crippen LogP contribution in [0.15, 0.2) is 59.7 Å². The van der Waals surface area contributed by atoms with E-state index in [2.05, 4.69) is 31.0 Å². The molecule has 0 radical (unpaired) electrons. The van der Waals surface area contributed by atoms with Crippen molar-refractivity contribution in [2.45, 2.75) is 44.8 Å². The van der Waals surface area contributed by atoms with Gasteiger partial charge in [0.05, 0.1) is 11.6 Å². The Labute approximate surface area is 163 Å². The van der Waals surface area contributed by atoms with E-state index in [9.17, 15) is 8.78 Å².